The van der Waals surface area contributed by atoms with Crippen LogP contribution < -0.4 is 5.32 Å². The number of nitrogens with one attached hydrogen (secondary N) is 1. The van der Waals surface area contributed by atoms with Gasteiger partial charge in [0.15, 0.2) is 0 Å². The average Bonchev–Trinajstić information content (AvgIpc) is 3.14. The van der Waals surface area contributed by atoms with E-state index in [0.717, 1.165) is 38.8 Å². The van der Waals surface area contributed by atoms with Gasteiger partial charge in [-0.15, -0.1) is 0 Å². The highest BCUT2D eigenvalue weighted by molar-refractivity contribution is 7.89. The molecular formula is C25H31N3O4S. The molecule has 7 nitrogen and oxygen atoms in total. The van der Waals surface area contributed by atoms with E-state index < -0.39 is 15.9 Å². The summed E-state index contributed by atoms with van der Waals surface area (Å²) in [6, 6.07) is 15.4. The van der Waals surface area contributed by atoms with Gasteiger partial charge in [0.05, 0.1) is 22.1 Å². The summed E-state index contributed by atoms with van der Waals surface area (Å²) < 4.78 is 27.4. The number of carbonyl (C=O) groups excluding carboxylic acids is 2. The van der Waals surface area contributed by atoms with Gasteiger partial charge in [0.2, 0.25) is 15.9 Å². The van der Waals surface area contributed by atoms with Crippen LogP contribution in [-0.2, 0) is 14.8 Å². The van der Waals surface area contributed by atoms with E-state index in [1.807, 2.05) is 4.90 Å². The minimum absolute atomic E-state index is 0.0651. The average molecular weight is 470 g/mol. The normalized spacial score (nSPS) is 20.1. The highest BCUT2D eigenvalue weighted by atomic mass is 32.2. The number of likely N-dealkylation sites (tertiary alicyclic amines) is 1. The van der Waals surface area contributed by atoms with Crippen LogP contribution in [0.1, 0.15) is 48.9 Å². The Balaban J connectivity index is 1.47. The number of para-hydroxylation sites is 1. The Labute approximate surface area is 195 Å². The van der Waals surface area contributed by atoms with Gasteiger partial charge in [-0.3, -0.25) is 9.59 Å². The molecule has 0 bridgehead atoms. The largest absolute Gasteiger partial charge is 0.339 e. The molecule has 2 aromatic carbocycles. The molecule has 2 fully saturated rings. The van der Waals surface area contributed by atoms with E-state index in [2.05, 4.69) is 5.32 Å². The van der Waals surface area contributed by atoms with Gasteiger partial charge in [-0.2, -0.15) is 4.31 Å². The first-order chi connectivity index (χ1) is 16.0. The Morgan fingerprint density at radius 3 is 2.21 bits per heavy atom. The summed E-state index contributed by atoms with van der Waals surface area (Å²) in [6.07, 6.45) is 5.47. The first-order valence-corrected chi connectivity index (χ1v) is 13.2. The van der Waals surface area contributed by atoms with Crippen LogP contribution in [0.2, 0.25) is 0 Å². The van der Waals surface area contributed by atoms with Gasteiger partial charge < -0.3 is 10.2 Å². The minimum atomic E-state index is -3.65. The SMILES string of the molecule is O=C(Nc1ccccc1C(=O)N1CCCCCC1)[C@H]1CCCN(S(=O)(=O)c2ccccc2)C1. The Morgan fingerprint density at radius 1 is 0.818 bits per heavy atom. The van der Waals surface area contributed by atoms with Crippen molar-refractivity contribution in [1.82, 2.24) is 9.21 Å². The van der Waals surface area contributed by atoms with Crippen LogP contribution in [0.4, 0.5) is 5.69 Å². The van der Waals surface area contributed by atoms with Crippen molar-refractivity contribution in [2.75, 3.05) is 31.5 Å². The van der Waals surface area contributed by atoms with Crippen molar-refractivity contribution in [2.24, 2.45) is 5.92 Å². The second-order valence-corrected chi connectivity index (χ2v) is 10.7. The molecule has 2 aromatic rings. The number of carbonyl (C=O) groups is 2. The fourth-order valence-corrected chi connectivity index (χ4v) is 6.12. The zero-order chi connectivity index (χ0) is 23.3. The summed E-state index contributed by atoms with van der Waals surface area (Å²) in [5, 5.41) is 2.92. The number of amides is 2. The van der Waals surface area contributed by atoms with E-state index in [1.54, 1.807) is 54.6 Å². The fourth-order valence-electron chi connectivity index (χ4n) is 4.57. The molecule has 1 atom stereocenters. The first-order valence-electron chi connectivity index (χ1n) is 11.7. The van der Waals surface area contributed by atoms with E-state index in [9.17, 15) is 18.0 Å². The minimum Gasteiger partial charge on any atom is -0.339 e. The topological polar surface area (TPSA) is 86.8 Å². The Morgan fingerprint density at radius 2 is 1.48 bits per heavy atom. The summed E-state index contributed by atoms with van der Waals surface area (Å²) in [6.45, 7) is 1.99. The number of sulfonamides is 1. The predicted octanol–water partition coefficient (Wildman–Crippen LogP) is 3.74. The Hall–Kier alpha value is -2.71. The van der Waals surface area contributed by atoms with Gasteiger partial charge in [0, 0.05) is 26.2 Å². The molecule has 2 heterocycles. The number of nitrogens with zero attached hydrogens (tertiary/aromatic N) is 2. The van der Waals surface area contributed by atoms with Crippen LogP contribution in [0.25, 0.3) is 0 Å². The molecule has 176 valence electrons. The van der Waals surface area contributed by atoms with Crippen molar-refractivity contribution in [3.05, 3.63) is 60.2 Å². The van der Waals surface area contributed by atoms with Crippen molar-refractivity contribution in [3.63, 3.8) is 0 Å². The summed E-state index contributed by atoms with van der Waals surface area (Å²) in [5.74, 6) is -0.789. The highest BCUT2D eigenvalue weighted by Crippen LogP contribution is 2.26. The van der Waals surface area contributed by atoms with Gasteiger partial charge in [0.1, 0.15) is 0 Å². The maximum absolute atomic E-state index is 13.2. The summed E-state index contributed by atoms with van der Waals surface area (Å²) in [7, 11) is -3.65. The molecule has 0 spiro atoms. The van der Waals surface area contributed by atoms with Crippen molar-refractivity contribution < 1.29 is 18.0 Å². The van der Waals surface area contributed by atoms with Crippen LogP contribution in [0, 0.1) is 5.92 Å². The molecule has 2 amide bonds. The third-order valence-electron chi connectivity index (χ3n) is 6.44. The number of rotatable bonds is 5. The van der Waals surface area contributed by atoms with E-state index >= 15 is 0 Å². The molecule has 8 heteroatoms. The van der Waals surface area contributed by atoms with Crippen molar-refractivity contribution in [3.8, 4) is 0 Å². The Bertz CT molecular complexity index is 1080. The lowest BCUT2D eigenvalue weighted by Gasteiger charge is -2.31. The molecule has 0 unspecified atom stereocenters. The second kappa shape index (κ2) is 10.5. The molecule has 2 aliphatic rings. The standard InChI is InChI=1S/C25H31N3O4S/c29-24(20-11-10-18-28(19-20)33(31,32)21-12-4-3-5-13-21)26-23-15-7-6-14-22(23)25(30)27-16-8-1-2-9-17-27/h3-7,12-15,20H,1-2,8-11,16-19H2,(H,26,29)/t20-/m0/s1. The Kier molecular flexibility index (Phi) is 7.45. The zero-order valence-electron chi connectivity index (χ0n) is 18.8. The molecule has 33 heavy (non-hydrogen) atoms. The zero-order valence-corrected chi connectivity index (χ0v) is 19.6. The van der Waals surface area contributed by atoms with Crippen LogP contribution >= 0.6 is 0 Å². The molecule has 4 rings (SSSR count). The highest BCUT2D eigenvalue weighted by Gasteiger charge is 2.33. The van der Waals surface area contributed by atoms with Crippen molar-refractivity contribution >= 4 is 27.5 Å². The number of hydrogen-bond donors (Lipinski definition) is 1. The molecule has 0 aliphatic carbocycles. The lowest BCUT2D eigenvalue weighted by atomic mass is 9.98. The number of piperidine rings is 1. The summed E-state index contributed by atoms with van der Waals surface area (Å²) >= 11 is 0. The molecule has 0 aromatic heterocycles. The molecule has 2 aliphatic heterocycles. The fraction of sp³-hybridized carbons (Fsp3) is 0.440. The van der Waals surface area contributed by atoms with E-state index in [4.69, 9.17) is 0 Å². The van der Waals surface area contributed by atoms with Crippen LogP contribution in [-0.4, -0.2) is 55.6 Å². The lowest BCUT2D eigenvalue weighted by Crippen LogP contribution is -2.43. The number of anilines is 1. The van der Waals surface area contributed by atoms with Gasteiger partial charge >= 0.3 is 0 Å². The van der Waals surface area contributed by atoms with Gasteiger partial charge in [-0.1, -0.05) is 43.2 Å². The maximum Gasteiger partial charge on any atom is 0.255 e. The maximum atomic E-state index is 13.2. The third-order valence-corrected chi connectivity index (χ3v) is 8.32. The summed E-state index contributed by atoms with van der Waals surface area (Å²) in [4.78, 5) is 28.4. The third kappa shape index (κ3) is 5.45. The van der Waals surface area contributed by atoms with Gasteiger partial charge in [-0.25, -0.2) is 8.42 Å². The molecule has 0 saturated carbocycles. The van der Waals surface area contributed by atoms with Crippen LogP contribution in [0.15, 0.2) is 59.5 Å². The first kappa shape index (κ1) is 23.4. The summed E-state index contributed by atoms with van der Waals surface area (Å²) in [5.41, 5.74) is 0.970. The van der Waals surface area contributed by atoms with E-state index in [-0.39, 0.29) is 23.3 Å². The van der Waals surface area contributed by atoms with Gasteiger partial charge in [-0.05, 0) is 49.9 Å². The van der Waals surface area contributed by atoms with Crippen LogP contribution in [0.5, 0.6) is 0 Å². The quantitative estimate of drug-likeness (QED) is 0.723. The van der Waals surface area contributed by atoms with Crippen molar-refractivity contribution in [1.29, 1.82) is 0 Å². The van der Waals surface area contributed by atoms with Gasteiger partial charge in [0.25, 0.3) is 5.91 Å². The second-order valence-electron chi connectivity index (χ2n) is 8.76. The molecule has 1 N–H and O–H groups in total. The number of hydrogen-bond acceptors (Lipinski definition) is 4. The lowest BCUT2D eigenvalue weighted by molar-refractivity contribution is -0.120. The molecule has 0 radical (unpaired) electrons. The van der Waals surface area contributed by atoms with Crippen LogP contribution in [0.3, 0.4) is 0 Å². The molecule has 2 saturated heterocycles. The molecular weight excluding hydrogens is 438 g/mol. The van der Waals surface area contributed by atoms with E-state index in [0.29, 0.717) is 30.6 Å². The smallest absolute Gasteiger partial charge is 0.255 e. The monoisotopic (exact) mass is 469 g/mol. The predicted molar refractivity (Wildman–Crippen MR) is 127 cm³/mol. The van der Waals surface area contributed by atoms with E-state index in [1.165, 1.54) is 4.31 Å². The van der Waals surface area contributed by atoms with Crippen molar-refractivity contribution in [2.45, 2.75) is 43.4 Å². The number of benzene rings is 2.